The standard InChI is InChI=1S/C16H27N3/c1-13(2)6-7-18-8-10-19(11-9-18)16-5-4-14(3)12-15(16)17/h4-5,12-13H,6-11,17H2,1-3H3. The lowest BCUT2D eigenvalue weighted by atomic mass is 10.1. The average molecular weight is 261 g/mol. The second kappa shape index (κ2) is 6.29. The predicted molar refractivity (Wildman–Crippen MR) is 83.7 cm³/mol. The summed E-state index contributed by atoms with van der Waals surface area (Å²) in [6.07, 6.45) is 1.30. The van der Waals surface area contributed by atoms with E-state index < -0.39 is 0 Å². The van der Waals surface area contributed by atoms with Gasteiger partial charge in [-0.1, -0.05) is 19.9 Å². The number of nitrogens with two attached hydrogens (primary N) is 1. The van der Waals surface area contributed by atoms with E-state index >= 15 is 0 Å². The summed E-state index contributed by atoms with van der Waals surface area (Å²) in [6.45, 7) is 12.4. The van der Waals surface area contributed by atoms with E-state index in [9.17, 15) is 0 Å². The smallest absolute Gasteiger partial charge is 0.0601 e. The van der Waals surface area contributed by atoms with Crippen molar-refractivity contribution in [2.75, 3.05) is 43.4 Å². The molecule has 1 aromatic carbocycles. The van der Waals surface area contributed by atoms with Crippen molar-refractivity contribution in [3.63, 3.8) is 0 Å². The lowest BCUT2D eigenvalue weighted by Gasteiger charge is -2.37. The van der Waals surface area contributed by atoms with Crippen LogP contribution in [0.3, 0.4) is 0 Å². The Hall–Kier alpha value is -1.22. The molecule has 2 N–H and O–H groups in total. The van der Waals surface area contributed by atoms with Gasteiger partial charge in [-0.15, -0.1) is 0 Å². The molecule has 0 aliphatic carbocycles. The molecule has 3 heteroatoms. The molecule has 1 heterocycles. The summed E-state index contributed by atoms with van der Waals surface area (Å²) in [4.78, 5) is 4.99. The molecular formula is C16H27N3. The topological polar surface area (TPSA) is 32.5 Å². The zero-order valence-corrected chi connectivity index (χ0v) is 12.5. The number of piperazine rings is 1. The molecule has 0 spiro atoms. The summed E-state index contributed by atoms with van der Waals surface area (Å²) >= 11 is 0. The zero-order chi connectivity index (χ0) is 13.8. The van der Waals surface area contributed by atoms with E-state index in [2.05, 4.69) is 48.8 Å². The predicted octanol–water partition coefficient (Wildman–Crippen LogP) is 2.75. The first-order valence-electron chi connectivity index (χ1n) is 7.39. The highest BCUT2D eigenvalue weighted by atomic mass is 15.3. The molecule has 0 aromatic heterocycles. The molecule has 0 atom stereocenters. The summed E-state index contributed by atoms with van der Waals surface area (Å²) in [6, 6.07) is 6.38. The van der Waals surface area contributed by atoms with E-state index in [1.165, 1.54) is 24.2 Å². The van der Waals surface area contributed by atoms with Crippen LogP contribution >= 0.6 is 0 Å². The molecule has 1 saturated heterocycles. The number of benzene rings is 1. The zero-order valence-electron chi connectivity index (χ0n) is 12.5. The van der Waals surface area contributed by atoms with Gasteiger partial charge in [-0.2, -0.15) is 0 Å². The van der Waals surface area contributed by atoms with Gasteiger partial charge in [0.15, 0.2) is 0 Å². The quantitative estimate of drug-likeness (QED) is 0.846. The second-order valence-corrected chi connectivity index (χ2v) is 6.07. The molecule has 3 nitrogen and oxygen atoms in total. The maximum atomic E-state index is 6.13. The van der Waals surface area contributed by atoms with Crippen molar-refractivity contribution in [2.45, 2.75) is 27.2 Å². The normalized spacial score (nSPS) is 17.2. The van der Waals surface area contributed by atoms with Crippen molar-refractivity contribution >= 4 is 11.4 Å². The van der Waals surface area contributed by atoms with Crippen LogP contribution in [0.25, 0.3) is 0 Å². The molecular weight excluding hydrogens is 234 g/mol. The molecule has 0 unspecified atom stereocenters. The van der Waals surface area contributed by atoms with Crippen LogP contribution in [0.1, 0.15) is 25.8 Å². The molecule has 0 amide bonds. The highest BCUT2D eigenvalue weighted by Crippen LogP contribution is 2.25. The van der Waals surface area contributed by atoms with Crippen LogP contribution in [-0.2, 0) is 0 Å². The first-order chi connectivity index (χ1) is 9.06. The fourth-order valence-corrected chi connectivity index (χ4v) is 2.62. The molecule has 2 rings (SSSR count). The molecule has 1 aromatic rings. The highest BCUT2D eigenvalue weighted by molar-refractivity contribution is 5.68. The molecule has 0 radical (unpaired) electrons. The van der Waals surface area contributed by atoms with E-state index in [1.54, 1.807) is 0 Å². The Bertz CT molecular complexity index is 406. The average Bonchev–Trinajstić information content (AvgIpc) is 2.37. The first-order valence-corrected chi connectivity index (χ1v) is 7.39. The number of nitrogen functional groups attached to an aromatic ring is 1. The van der Waals surface area contributed by atoms with Crippen LogP contribution in [-0.4, -0.2) is 37.6 Å². The Kier molecular flexibility index (Phi) is 4.70. The van der Waals surface area contributed by atoms with Crippen molar-refractivity contribution in [1.29, 1.82) is 0 Å². The Morgan fingerprint density at radius 2 is 1.84 bits per heavy atom. The number of rotatable bonds is 4. The molecule has 1 aliphatic heterocycles. The molecule has 19 heavy (non-hydrogen) atoms. The number of hydrogen-bond acceptors (Lipinski definition) is 3. The highest BCUT2D eigenvalue weighted by Gasteiger charge is 2.18. The SMILES string of the molecule is Cc1ccc(N2CCN(CCC(C)C)CC2)c(N)c1. The fourth-order valence-electron chi connectivity index (χ4n) is 2.62. The Labute approximate surface area is 117 Å². The van der Waals surface area contributed by atoms with E-state index in [0.717, 1.165) is 37.8 Å². The number of nitrogens with zero attached hydrogens (tertiary/aromatic N) is 2. The second-order valence-electron chi connectivity index (χ2n) is 6.07. The lowest BCUT2D eigenvalue weighted by Crippen LogP contribution is -2.47. The minimum atomic E-state index is 0.797. The van der Waals surface area contributed by atoms with Crippen LogP contribution < -0.4 is 10.6 Å². The summed E-state index contributed by atoms with van der Waals surface area (Å²) in [5.74, 6) is 0.797. The van der Waals surface area contributed by atoms with Gasteiger partial charge in [-0.05, 0) is 43.5 Å². The first kappa shape index (κ1) is 14.2. The van der Waals surface area contributed by atoms with Crippen molar-refractivity contribution < 1.29 is 0 Å². The Morgan fingerprint density at radius 3 is 2.42 bits per heavy atom. The summed E-state index contributed by atoms with van der Waals surface area (Å²) in [7, 11) is 0. The van der Waals surface area contributed by atoms with Gasteiger partial charge in [0.25, 0.3) is 0 Å². The number of hydrogen-bond donors (Lipinski definition) is 1. The molecule has 0 saturated carbocycles. The summed E-state index contributed by atoms with van der Waals surface area (Å²) in [5.41, 5.74) is 9.48. The third-order valence-corrected chi connectivity index (χ3v) is 3.92. The van der Waals surface area contributed by atoms with Crippen molar-refractivity contribution in [3.05, 3.63) is 23.8 Å². The van der Waals surface area contributed by atoms with Gasteiger partial charge in [-0.25, -0.2) is 0 Å². The van der Waals surface area contributed by atoms with Gasteiger partial charge in [0.1, 0.15) is 0 Å². The van der Waals surface area contributed by atoms with Crippen LogP contribution in [0.5, 0.6) is 0 Å². The van der Waals surface area contributed by atoms with Gasteiger partial charge in [0.05, 0.1) is 11.4 Å². The minimum Gasteiger partial charge on any atom is -0.397 e. The summed E-state index contributed by atoms with van der Waals surface area (Å²) < 4.78 is 0. The Balaban J connectivity index is 1.89. The van der Waals surface area contributed by atoms with Gasteiger partial charge >= 0.3 is 0 Å². The van der Waals surface area contributed by atoms with Crippen LogP contribution in [0.15, 0.2) is 18.2 Å². The maximum absolute atomic E-state index is 6.13. The van der Waals surface area contributed by atoms with Crippen molar-refractivity contribution in [3.8, 4) is 0 Å². The van der Waals surface area contributed by atoms with Gasteiger partial charge < -0.3 is 10.6 Å². The fraction of sp³-hybridized carbons (Fsp3) is 0.625. The number of anilines is 2. The van der Waals surface area contributed by atoms with Gasteiger partial charge in [0.2, 0.25) is 0 Å². The monoisotopic (exact) mass is 261 g/mol. The molecule has 1 fully saturated rings. The molecule has 0 bridgehead atoms. The van der Waals surface area contributed by atoms with Crippen LogP contribution in [0.4, 0.5) is 11.4 Å². The summed E-state index contributed by atoms with van der Waals surface area (Å²) in [5, 5.41) is 0. The maximum Gasteiger partial charge on any atom is 0.0601 e. The largest absolute Gasteiger partial charge is 0.397 e. The molecule has 1 aliphatic rings. The third kappa shape index (κ3) is 3.87. The lowest BCUT2D eigenvalue weighted by molar-refractivity contribution is 0.244. The molecule has 106 valence electrons. The van der Waals surface area contributed by atoms with Gasteiger partial charge in [0, 0.05) is 26.2 Å². The van der Waals surface area contributed by atoms with E-state index in [4.69, 9.17) is 5.73 Å². The Morgan fingerprint density at radius 1 is 1.16 bits per heavy atom. The van der Waals surface area contributed by atoms with E-state index in [-0.39, 0.29) is 0 Å². The van der Waals surface area contributed by atoms with E-state index in [0.29, 0.717) is 0 Å². The van der Waals surface area contributed by atoms with Crippen LogP contribution in [0.2, 0.25) is 0 Å². The van der Waals surface area contributed by atoms with E-state index in [1.807, 2.05) is 0 Å². The minimum absolute atomic E-state index is 0.797. The van der Waals surface area contributed by atoms with Gasteiger partial charge in [-0.3, -0.25) is 4.90 Å². The van der Waals surface area contributed by atoms with Crippen molar-refractivity contribution in [2.24, 2.45) is 5.92 Å². The van der Waals surface area contributed by atoms with Crippen molar-refractivity contribution in [1.82, 2.24) is 4.90 Å². The number of aryl methyl sites for hydroxylation is 1. The third-order valence-electron chi connectivity index (χ3n) is 3.92. The van der Waals surface area contributed by atoms with Crippen LogP contribution in [0, 0.1) is 12.8 Å².